The van der Waals surface area contributed by atoms with E-state index in [1.807, 2.05) is 0 Å². The van der Waals surface area contributed by atoms with E-state index >= 15 is 0 Å². The van der Waals surface area contributed by atoms with Gasteiger partial charge in [-0.2, -0.15) is 13.2 Å². The van der Waals surface area contributed by atoms with E-state index in [1.165, 1.54) is 24.3 Å². The van der Waals surface area contributed by atoms with E-state index in [1.54, 1.807) is 0 Å². The standard InChI is InChI=1S/C14H10BrF4NO/c15-13-2-1-10(6-12(13)14(17,18)19)20-7-8-3-9(16)5-11(21)4-8/h1-6,20-21H,7H2. The van der Waals surface area contributed by atoms with E-state index in [0.29, 0.717) is 5.56 Å². The summed E-state index contributed by atoms with van der Waals surface area (Å²) in [6.45, 7) is 0.0875. The fraction of sp³-hybridized carbons (Fsp3) is 0.143. The van der Waals surface area contributed by atoms with Gasteiger partial charge in [-0.3, -0.25) is 0 Å². The fourth-order valence-electron chi connectivity index (χ4n) is 1.79. The molecule has 0 atom stereocenters. The molecule has 2 nitrogen and oxygen atoms in total. The largest absolute Gasteiger partial charge is 0.508 e. The lowest BCUT2D eigenvalue weighted by Crippen LogP contribution is -2.07. The minimum absolute atomic E-state index is 0.0519. The van der Waals surface area contributed by atoms with Crippen molar-refractivity contribution >= 4 is 21.6 Å². The molecule has 0 bridgehead atoms. The molecule has 112 valence electrons. The molecule has 0 fully saturated rings. The summed E-state index contributed by atoms with van der Waals surface area (Å²) in [5, 5.41) is 12.0. The SMILES string of the molecule is Oc1cc(F)cc(CNc2ccc(Br)c(C(F)(F)F)c2)c1. The second-order valence-corrected chi connectivity index (χ2v) is 5.22. The lowest BCUT2D eigenvalue weighted by molar-refractivity contribution is -0.138. The average molecular weight is 364 g/mol. The normalized spacial score (nSPS) is 11.5. The highest BCUT2D eigenvalue weighted by Crippen LogP contribution is 2.36. The van der Waals surface area contributed by atoms with Gasteiger partial charge in [-0.1, -0.05) is 15.9 Å². The summed E-state index contributed by atoms with van der Waals surface area (Å²) >= 11 is 2.85. The molecule has 0 aromatic heterocycles. The second-order valence-electron chi connectivity index (χ2n) is 4.36. The Bertz CT molecular complexity index is 638. The van der Waals surface area contributed by atoms with Gasteiger partial charge in [-0.15, -0.1) is 0 Å². The van der Waals surface area contributed by atoms with E-state index in [9.17, 15) is 22.7 Å². The Labute approximate surface area is 126 Å². The topological polar surface area (TPSA) is 32.3 Å². The first-order valence-corrected chi connectivity index (χ1v) is 6.64. The zero-order valence-electron chi connectivity index (χ0n) is 10.5. The highest BCUT2D eigenvalue weighted by atomic mass is 79.9. The third kappa shape index (κ3) is 4.10. The zero-order chi connectivity index (χ0) is 15.6. The summed E-state index contributed by atoms with van der Waals surface area (Å²) in [4.78, 5) is 0. The fourth-order valence-corrected chi connectivity index (χ4v) is 2.26. The molecule has 0 spiro atoms. The maximum absolute atomic E-state index is 13.1. The summed E-state index contributed by atoms with van der Waals surface area (Å²) in [6, 6.07) is 7.19. The third-order valence-electron chi connectivity index (χ3n) is 2.71. The van der Waals surface area contributed by atoms with Crippen LogP contribution in [-0.4, -0.2) is 5.11 Å². The molecule has 21 heavy (non-hydrogen) atoms. The molecular weight excluding hydrogens is 354 g/mol. The number of hydrogen-bond donors (Lipinski definition) is 2. The predicted molar refractivity (Wildman–Crippen MR) is 74.5 cm³/mol. The van der Waals surface area contributed by atoms with Crippen molar-refractivity contribution in [1.82, 2.24) is 0 Å². The minimum atomic E-state index is -4.46. The molecule has 0 radical (unpaired) electrons. The number of nitrogens with one attached hydrogen (secondary N) is 1. The number of hydrogen-bond acceptors (Lipinski definition) is 2. The van der Waals surface area contributed by atoms with E-state index < -0.39 is 17.6 Å². The number of benzene rings is 2. The summed E-state index contributed by atoms with van der Waals surface area (Å²) < 4.78 is 51.3. The van der Waals surface area contributed by atoms with Crippen molar-refractivity contribution in [3.05, 3.63) is 57.8 Å². The van der Waals surface area contributed by atoms with Crippen molar-refractivity contribution in [1.29, 1.82) is 0 Å². The minimum Gasteiger partial charge on any atom is -0.508 e. The second kappa shape index (κ2) is 5.93. The molecule has 2 rings (SSSR count). The monoisotopic (exact) mass is 363 g/mol. The van der Waals surface area contributed by atoms with Crippen LogP contribution in [0.1, 0.15) is 11.1 Å². The van der Waals surface area contributed by atoms with Gasteiger partial charge in [-0.05, 0) is 35.9 Å². The molecule has 0 unspecified atom stereocenters. The number of alkyl halides is 3. The van der Waals surface area contributed by atoms with Crippen LogP contribution in [0.4, 0.5) is 23.2 Å². The van der Waals surface area contributed by atoms with Crippen LogP contribution in [0.2, 0.25) is 0 Å². The lowest BCUT2D eigenvalue weighted by Gasteiger charge is -2.12. The highest BCUT2D eigenvalue weighted by molar-refractivity contribution is 9.10. The number of phenolic OH excluding ortho intramolecular Hbond substituents is 1. The van der Waals surface area contributed by atoms with Gasteiger partial charge in [0, 0.05) is 22.8 Å². The van der Waals surface area contributed by atoms with Crippen molar-refractivity contribution < 1.29 is 22.7 Å². The van der Waals surface area contributed by atoms with Crippen molar-refractivity contribution in [2.45, 2.75) is 12.7 Å². The Morgan fingerprint density at radius 2 is 1.81 bits per heavy atom. The maximum atomic E-state index is 13.1. The Morgan fingerprint density at radius 3 is 2.43 bits per heavy atom. The highest BCUT2D eigenvalue weighted by Gasteiger charge is 2.33. The Balaban J connectivity index is 2.17. The zero-order valence-corrected chi connectivity index (χ0v) is 12.1. The first-order chi connectivity index (χ1) is 9.75. The first-order valence-electron chi connectivity index (χ1n) is 5.85. The van der Waals surface area contributed by atoms with Crippen LogP contribution in [0.25, 0.3) is 0 Å². The molecule has 0 saturated carbocycles. The van der Waals surface area contributed by atoms with Crippen molar-refractivity contribution in [3.8, 4) is 5.75 Å². The third-order valence-corrected chi connectivity index (χ3v) is 3.40. The molecule has 0 aliphatic heterocycles. The van der Waals surface area contributed by atoms with E-state index in [4.69, 9.17) is 0 Å². The van der Waals surface area contributed by atoms with Gasteiger partial charge in [0.05, 0.1) is 5.56 Å². The molecule has 2 aromatic rings. The number of rotatable bonds is 3. The van der Waals surface area contributed by atoms with Crippen molar-refractivity contribution in [2.24, 2.45) is 0 Å². The smallest absolute Gasteiger partial charge is 0.417 e. The lowest BCUT2D eigenvalue weighted by atomic mass is 10.1. The number of halogens is 5. The van der Waals surface area contributed by atoms with Crippen LogP contribution in [0.5, 0.6) is 5.75 Å². The van der Waals surface area contributed by atoms with Gasteiger partial charge in [-0.25, -0.2) is 4.39 Å². The maximum Gasteiger partial charge on any atom is 0.417 e. The molecule has 0 aliphatic carbocycles. The Kier molecular flexibility index (Phi) is 4.41. The van der Waals surface area contributed by atoms with Gasteiger partial charge in [0.1, 0.15) is 11.6 Å². The van der Waals surface area contributed by atoms with E-state index in [-0.39, 0.29) is 22.5 Å². The van der Waals surface area contributed by atoms with Crippen LogP contribution >= 0.6 is 15.9 Å². The van der Waals surface area contributed by atoms with Gasteiger partial charge in [0.25, 0.3) is 0 Å². The van der Waals surface area contributed by atoms with Gasteiger partial charge in [0.15, 0.2) is 0 Å². The van der Waals surface area contributed by atoms with Gasteiger partial charge in [0.2, 0.25) is 0 Å². The number of aromatic hydroxyl groups is 1. The van der Waals surface area contributed by atoms with E-state index in [0.717, 1.165) is 12.1 Å². The summed E-state index contributed by atoms with van der Waals surface area (Å²) in [5.41, 5.74) is -0.132. The molecule has 2 N–H and O–H groups in total. The number of phenols is 1. The predicted octanol–water partition coefficient (Wildman–Crippen LogP) is 4.92. The Morgan fingerprint density at radius 1 is 1.10 bits per heavy atom. The first kappa shape index (κ1) is 15.6. The van der Waals surface area contributed by atoms with Gasteiger partial charge >= 0.3 is 6.18 Å². The number of anilines is 1. The molecule has 0 heterocycles. The average Bonchev–Trinajstić information content (AvgIpc) is 2.35. The quantitative estimate of drug-likeness (QED) is 0.758. The van der Waals surface area contributed by atoms with Crippen LogP contribution in [-0.2, 0) is 12.7 Å². The summed E-state index contributed by atoms with van der Waals surface area (Å²) in [7, 11) is 0. The summed E-state index contributed by atoms with van der Waals surface area (Å²) in [6.07, 6.45) is -4.46. The van der Waals surface area contributed by atoms with Crippen LogP contribution in [0.15, 0.2) is 40.9 Å². The molecule has 0 saturated heterocycles. The van der Waals surface area contributed by atoms with Gasteiger partial charge < -0.3 is 10.4 Å². The molecule has 2 aromatic carbocycles. The Hall–Kier alpha value is -1.76. The molecule has 0 amide bonds. The van der Waals surface area contributed by atoms with E-state index in [2.05, 4.69) is 21.2 Å². The van der Waals surface area contributed by atoms with Crippen molar-refractivity contribution in [3.63, 3.8) is 0 Å². The van der Waals surface area contributed by atoms with Crippen molar-refractivity contribution in [2.75, 3.05) is 5.32 Å². The summed E-state index contributed by atoms with van der Waals surface area (Å²) in [5.74, 6) is -0.850. The molecular formula is C14H10BrF4NO. The van der Waals surface area contributed by atoms with Crippen LogP contribution in [0, 0.1) is 5.82 Å². The van der Waals surface area contributed by atoms with Crippen LogP contribution < -0.4 is 5.32 Å². The molecule has 0 aliphatic rings. The molecule has 7 heteroatoms. The van der Waals surface area contributed by atoms with Crippen LogP contribution in [0.3, 0.4) is 0 Å².